The van der Waals surface area contributed by atoms with E-state index >= 15 is 0 Å². The molecule has 0 aliphatic heterocycles. The molecule has 0 aliphatic carbocycles. The molecule has 10 heteroatoms. The van der Waals surface area contributed by atoms with Crippen LogP contribution in [0.4, 0.5) is 13.2 Å². The highest BCUT2D eigenvalue weighted by atomic mass is 19.4. The average molecular weight is 302 g/mol. The van der Waals surface area contributed by atoms with Gasteiger partial charge in [0, 0.05) is 5.56 Å². The lowest BCUT2D eigenvalue weighted by atomic mass is 10.0. The fourth-order valence-corrected chi connectivity index (χ4v) is 1.53. The zero-order valence-corrected chi connectivity index (χ0v) is 10.5. The van der Waals surface area contributed by atoms with Gasteiger partial charge in [-0.3, -0.25) is 4.79 Å². The molecule has 0 fully saturated rings. The number of alkyl halides is 3. The van der Waals surface area contributed by atoms with Crippen molar-refractivity contribution in [3.8, 4) is 0 Å². The number of halogens is 3. The van der Waals surface area contributed by atoms with Crippen LogP contribution < -0.4 is 5.32 Å². The van der Waals surface area contributed by atoms with E-state index in [4.69, 9.17) is 5.11 Å². The number of carboxylic acids is 1. The Morgan fingerprint density at radius 3 is 2.43 bits per heavy atom. The highest BCUT2D eigenvalue weighted by molar-refractivity contribution is 6.00. The lowest BCUT2D eigenvalue weighted by molar-refractivity contribution is -0.203. The number of amides is 1. The quantitative estimate of drug-likeness (QED) is 0.786. The number of aromatic nitrogens is 3. The molecular weight excluding hydrogens is 293 g/mol. The largest absolute Gasteiger partial charge is 0.479 e. The number of carboxylic acid groups (broad SMARTS) is 1. The van der Waals surface area contributed by atoms with Crippen molar-refractivity contribution in [3.05, 3.63) is 23.8 Å². The van der Waals surface area contributed by atoms with E-state index in [1.54, 1.807) is 0 Å². The van der Waals surface area contributed by atoms with E-state index in [1.807, 2.05) is 0 Å². The first-order valence-electron chi connectivity index (χ1n) is 5.58. The van der Waals surface area contributed by atoms with Crippen LogP contribution in [0, 0.1) is 0 Å². The van der Waals surface area contributed by atoms with Gasteiger partial charge in [-0.2, -0.15) is 28.6 Å². The first-order valence-corrected chi connectivity index (χ1v) is 5.58. The summed E-state index contributed by atoms with van der Waals surface area (Å²) in [5, 5.41) is 19.9. The topological polar surface area (TPSA) is 108 Å². The molecule has 2 aromatic rings. The highest BCUT2D eigenvalue weighted by Gasteiger charge is 2.58. The maximum atomic E-state index is 12.8. The predicted molar refractivity (Wildman–Crippen MR) is 63.5 cm³/mol. The Kier molecular flexibility index (Phi) is 3.32. The summed E-state index contributed by atoms with van der Waals surface area (Å²) in [6.07, 6.45) is -5.15. The summed E-state index contributed by atoms with van der Waals surface area (Å²) in [4.78, 5) is 22.7. The number of hydrogen-bond acceptors (Lipinski definition) is 4. The third-order valence-electron chi connectivity index (χ3n) is 2.94. The molecular formula is C11H9F3N4O3. The Bertz CT molecular complexity index is 712. The number of carbonyl (C=O) groups excluding carboxylic acids is 1. The van der Waals surface area contributed by atoms with E-state index in [2.05, 4.69) is 15.4 Å². The van der Waals surface area contributed by atoms with Gasteiger partial charge in [0.05, 0.1) is 0 Å². The summed E-state index contributed by atoms with van der Waals surface area (Å²) in [6, 6.07) is 3.80. The van der Waals surface area contributed by atoms with Crippen LogP contribution in [-0.4, -0.2) is 44.1 Å². The van der Waals surface area contributed by atoms with Crippen molar-refractivity contribution in [1.82, 2.24) is 20.7 Å². The maximum Gasteiger partial charge on any atom is 0.422 e. The lowest BCUT2D eigenvalue weighted by Crippen LogP contribution is -2.61. The van der Waals surface area contributed by atoms with E-state index in [9.17, 15) is 22.8 Å². The molecule has 0 spiro atoms. The Balaban J connectivity index is 2.33. The predicted octanol–water partition coefficient (Wildman–Crippen LogP) is 1.09. The van der Waals surface area contributed by atoms with Gasteiger partial charge in [0.2, 0.25) is 5.54 Å². The number of benzene rings is 1. The van der Waals surface area contributed by atoms with Crippen LogP contribution in [0.2, 0.25) is 0 Å². The summed E-state index contributed by atoms with van der Waals surface area (Å²) in [6.45, 7) is 0.377. The van der Waals surface area contributed by atoms with Crippen LogP contribution in [0.25, 0.3) is 11.0 Å². The molecule has 3 N–H and O–H groups in total. The molecule has 2 rings (SSSR count). The number of fused-ring (bicyclic) bond motifs is 1. The van der Waals surface area contributed by atoms with Crippen LogP contribution >= 0.6 is 0 Å². The molecule has 0 saturated heterocycles. The minimum absolute atomic E-state index is 0.159. The Morgan fingerprint density at radius 1 is 1.24 bits per heavy atom. The number of nitrogens with one attached hydrogen (secondary N) is 2. The molecule has 0 bridgehead atoms. The van der Waals surface area contributed by atoms with Gasteiger partial charge in [-0.25, -0.2) is 4.79 Å². The average Bonchev–Trinajstić information content (AvgIpc) is 2.83. The summed E-state index contributed by atoms with van der Waals surface area (Å²) in [5.41, 5.74) is -2.86. The van der Waals surface area contributed by atoms with Gasteiger partial charge in [0.1, 0.15) is 11.0 Å². The first kappa shape index (κ1) is 14.8. The SMILES string of the molecule is CC(NC(=O)c1ccc2n[nH]nc2c1)(C(=O)O)C(F)(F)F. The van der Waals surface area contributed by atoms with Gasteiger partial charge >= 0.3 is 12.1 Å². The Labute approximate surface area is 115 Å². The van der Waals surface area contributed by atoms with Gasteiger partial charge < -0.3 is 10.4 Å². The molecule has 1 aromatic heterocycles. The van der Waals surface area contributed by atoms with Crippen molar-refractivity contribution >= 4 is 22.9 Å². The van der Waals surface area contributed by atoms with Crippen LogP contribution in [-0.2, 0) is 4.79 Å². The molecule has 0 aliphatic rings. The number of hydrogen-bond donors (Lipinski definition) is 3. The second kappa shape index (κ2) is 4.72. The normalized spacial score (nSPS) is 14.7. The molecule has 1 heterocycles. The Morgan fingerprint density at radius 2 is 1.86 bits per heavy atom. The van der Waals surface area contributed by atoms with Crippen molar-refractivity contribution < 1.29 is 27.9 Å². The monoisotopic (exact) mass is 302 g/mol. The van der Waals surface area contributed by atoms with E-state index in [1.165, 1.54) is 23.5 Å². The van der Waals surface area contributed by atoms with E-state index in [-0.39, 0.29) is 11.1 Å². The van der Waals surface area contributed by atoms with E-state index in [0.717, 1.165) is 0 Å². The Hall–Kier alpha value is -2.65. The summed E-state index contributed by atoms with van der Waals surface area (Å²) in [7, 11) is 0. The van der Waals surface area contributed by atoms with Crippen molar-refractivity contribution in [2.45, 2.75) is 18.6 Å². The molecule has 0 saturated carbocycles. The van der Waals surface area contributed by atoms with Crippen molar-refractivity contribution in [1.29, 1.82) is 0 Å². The molecule has 0 radical (unpaired) electrons. The summed E-state index contributed by atoms with van der Waals surface area (Å²) in [5.74, 6) is -3.38. The summed E-state index contributed by atoms with van der Waals surface area (Å²) >= 11 is 0. The number of aliphatic carboxylic acids is 1. The minimum atomic E-state index is -5.15. The van der Waals surface area contributed by atoms with Crippen LogP contribution in [0.15, 0.2) is 18.2 Å². The zero-order chi connectivity index (χ0) is 15.8. The first-order chi connectivity index (χ1) is 9.65. The highest BCUT2D eigenvalue weighted by Crippen LogP contribution is 2.30. The molecule has 1 unspecified atom stereocenters. The summed E-state index contributed by atoms with van der Waals surface area (Å²) < 4.78 is 38.4. The van der Waals surface area contributed by atoms with Gasteiger partial charge in [0.25, 0.3) is 5.91 Å². The van der Waals surface area contributed by atoms with Gasteiger partial charge in [-0.1, -0.05) is 0 Å². The zero-order valence-electron chi connectivity index (χ0n) is 10.5. The molecule has 112 valence electrons. The van der Waals surface area contributed by atoms with Crippen molar-refractivity contribution in [3.63, 3.8) is 0 Å². The number of nitrogens with zero attached hydrogens (tertiary/aromatic N) is 2. The number of aromatic amines is 1. The smallest absolute Gasteiger partial charge is 0.422 e. The van der Waals surface area contributed by atoms with E-state index in [0.29, 0.717) is 12.4 Å². The number of H-pyrrole nitrogens is 1. The molecule has 1 aromatic carbocycles. The number of rotatable bonds is 3. The van der Waals surface area contributed by atoms with Crippen LogP contribution in [0.3, 0.4) is 0 Å². The molecule has 21 heavy (non-hydrogen) atoms. The molecule has 1 amide bonds. The fraction of sp³-hybridized carbons (Fsp3) is 0.273. The van der Waals surface area contributed by atoms with Gasteiger partial charge in [-0.15, -0.1) is 0 Å². The van der Waals surface area contributed by atoms with Gasteiger partial charge in [-0.05, 0) is 25.1 Å². The van der Waals surface area contributed by atoms with Crippen molar-refractivity contribution in [2.75, 3.05) is 0 Å². The lowest BCUT2D eigenvalue weighted by Gasteiger charge is -2.28. The molecule has 1 atom stereocenters. The second-order valence-electron chi connectivity index (χ2n) is 4.41. The fourth-order valence-electron chi connectivity index (χ4n) is 1.53. The van der Waals surface area contributed by atoms with Crippen molar-refractivity contribution in [2.24, 2.45) is 0 Å². The van der Waals surface area contributed by atoms with Crippen LogP contribution in [0.5, 0.6) is 0 Å². The third-order valence-corrected chi connectivity index (χ3v) is 2.94. The standard InChI is InChI=1S/C11H9F3N4O3/c1-10(9(20)21,11(12,13)14)15-8(19)5-2-3-6-7(4-5)17-18-16-6/h2-4H,1H3,(H,15,19)(H,20,21)(H,16,17,18). The minimum Gasteiger partial charge on any atom is -0.479 e. The van der Waals surface area contributed by atoms with Crippen LogP contribution in [0.1, 0.15) is 17.3 Å². The third kappa shape index (κ3) is 2.51. The maximum absolute atomic E-state index is 12.8. The van der Waals surface area contributed by atoms with E-state index < -0.39 is 23.6 Å². The second-order valence-corrected chi connectivity index (χ2v) is 4.41. The van der Waals surface area contributed by atoms with Gasteiger partial charge in [0.15, 0.2) is 0 Å². The molecule has 7 nitrogen and oxygen atoms in total. The number of carbonyl (C=O) groups is 2.